The predicted octanol–water partition coefficient (Wildman–Crippen LogP) is 3.88. The number of rotatable bonds is 7. The van der Waals surface area contributed by atoms with Gasteiger partial charge >= 0.3 is 0 Å². The van der Waals surface area contributed by atoms with E-state index in [1.54, 1.807) is 0 Å². The molecule has 1 aliphatic carbocycles. The Hall–Kier alpha value is -2.17. The third-order valence-electron chi connectivity index (χ3n) is 5.49. The predicted molar refractivity (Wildman–Crippen MR) is 107 cm³/mol. The Morgan fingerprint density at radius 2 is 2.15 bits per heavy atom. The molecule has 2 heterocycles. The van der Waals surface area contributed by atoms with Crippen LogP contribution in [0, 0.1) is 0 Å². The standard InChI is InChI=1S/C22H28N4/c23-18(14-17-15-26-20-10-2-1-9-19(17)20)8-5-12-24-21-11-3-6-16-7-4-13-25-22(16)21/h1-2,4,7,9-10,13,15,18,21,24,26H,3,5-6,8,11-12,14,23H2. The van der Waals surface area contributed by atoms with Gasteiger partial charge in [0.05, 0.1) is 5.69 Å². The normalized spacial score (nSPS) is 18.0. The number of aromatic amines is 1. The van der Waals surface area contributed by atoms with E-state index in [1.165, 1.54) is 40.6 Å². The Bertz CT molecular complexity index is 854. The second-order valence-electron chi connectivity index (χ2n) is 7.41. The van der Waals surface area contributed by atoms with Gasteiger partial charge < -0.3 is 16.0 Å². The topological polar surface area (TPSA) is 66.7 Å². The van der Waals surface area contributed by atoms with E-state index < -0.39 is 0 Å². The number of nitrogens with two attached hydrogens (primary N) is 1. The summed E-state index contributed by atoms with van der Waals surface area (Å²) in [7, 11) is 0. The summed E-state index contributed by atoms with van der Waals surface area (Å²) in [5.41, 5.74) is 11.6. The third-order valence-corrected chi connectivity index (χ3v) is 5.49. The van der Waals surface area contributed by atoms with Gasteiger partial charge in [-0.1, -0.05) is 24.3 Å². The van der Waals surface area contributed by atoms with Gasteiger partial charge in [-0.15, -0.1) is 0 Å². The number of para-hydroxylation sites is 1. The SMILES string of the molecule is NC(CCCNC1CCCc2cccnc21)Cc1c[nH]c2ccccc12. The highest BCUT2D eigenvalue weighted by Crippen LogP contribution is 2.27. The molecule has 4 heteroatoms. The van der Waals surface area contributed by atoms with Crippen LogP contribution in [0.3, 0.4) is 0 Å². The molecule has 0 spiro atoms. The smallest absolute Gasteiger partial charge is 0.0605 e. The van der Waals surface area contributed by atoms with Crippen LogP contribution in [0.1, 0.15) is 48.5 Å². The Balaban J connectivity index is 1.25. The average Bonchev–Trinajstić information content (AvgIpc) is 3.08. The molecule has 0 fully saturated rings. The van der Waals surface area contributed by atoms with Gasteiger partial charge in [-0.25, -0.2) is 0 Å². The highest BCUT2D eigenvalue weighted by Gasteiger charge is 2.20. The Morgan fingerprint density at radius 3 is 3.12 bits per heavy atom. The van der Waals surface area contributed by atoms with Gasteiger partial charge in [0.2, 0.25) is 0 Å². The summed E-state index contributed by atoms with van der Waals surface area (Å²) in [5, 5.41) is 4.99. The molecule has 0 saturated heterocycles. The summed E-state index contributed by atoms with van der Waals surface area (Å²) in [6, 6.07) is 13.3. The Labute approximate surface area is 155 Å². The largest absolute Gasteiger partial charge is 0.361 e. The summed E-state index contributed by atoms with van der Waals surface area (Å²) in [6.45, 7) is 1.00. The number of aromatic nitrogens is 2. The monoisotopic (exact) mass is 348 g/mol. The molecule has 0 radical (unpaired) electrons. The van der Waals surface area contributed by atoms with Crippen LogP contribution < -0.4 is 11.1 Å². The van der Waals surface area contributed by atoms with Crippen LogP contribution in [-0.4, -0.2) is 22.6 Å². The first-order valence-corrected chi connectivity index (χ1v) is 9.79. The molecule has 136 valence electrons. The van der Waals surface area contributed by atoms with Crippen LogP contribution in [0.25, 0.3) is 10.9 Å². The fraction of sp³-hybridized carbons (Fsp3) is 0.409. The van der Waals surface area contributed by atoms with Crippen molar-refractivity contribution in [3.63, 3.8) is 0 Å². The third kappa shape index (κ3) is 3.81. The lowest BCUT2D eigenvalue weighted by Crippen LogP contribution is -2.29. The molecule has 2 unspecified atom stereocenters. The fourth-order valence-electron chi connectivity index (χ4n) is 4.13. The van der Waals surface area contributed by atoms with Crippen LogP contribution in [0.5, 0.6) is 0 Å². The molecule has 0 aliphatic heterocycles. The molecule has 2 aromatic heterocycles. The number of aryl methyl sites for hydroxylation is 1. The van der Waals surface area contributed by atoms with E-state index in [2.05, 4.69) is 51.8 Å². The summed E-state index contributed by atoms with van der Waals surface area (Å²) in [6.07, 6.45) is 10.7. The highest BCUT2D eigenvalue weighted by molar-refractivity contribution is 5.83. The van der Waals surface area contributed by atoms with E-state index in [9.17, 15) is 0 Å². The van der Waals surface area contributed by atoms with Crippen LogP contribution in [0.15, 0.2) is 48.8 Å². The Morgan fingerprint density at radius 1 is 1.23 bits per heavy atom. The van der Waals surface area contributed by atoms with Gasteiger partial charge in [-0.2, -0.15) is 0 Å². The Kier molecular flexibility index (Phi) is 5.32. The van der Waals surface area contributed by atoms with Crippen LogP contribution in [0.2, 0.25) is 0 Å². The van der Waals surface area contributed by atoms with Crippen molar-refractivity contribution in [3.8, 4) is 0 Å². The van der Waals surface area contributed by atoms with Crippen molar-refractivity contribution < 1.29 is 0 Å². The molecule has 0 bridgehead atoms. The first-order valence-electron chi connectivity index (χ1n) is 9.79. The molecule has 26 heavy (non-hydrogen) atoms. The van der Waals surface area contributed by atoms with E-state index in [1.807, 2.05) is 12.3 Å². The van der Waals surface area contributed by atoms with Crippen LogP contribution in [-0.2, 0) is 12.8 Å². The summed E-state index contributed by atoms with van der Waals surface area (Å²) in [4.78, 5) is 7.94. The molecule has 3 aromatic rings. The summed E-state index contributed by atoms with van der Waals surface area (Å²) in [5.74, 6) is 0. The minimum atomic E-state index is 0.202. The van der Waals surface area contributed by atoms with Crippen molar-refractivity contribution in [3.05, 3.63) is 65.6 Å². The molecule has 0 amide bonds. The molecule has 1 aliphatic rings. The fourth-order valence-corrected chi connectivity index (χ4v) is 4.13. The van der Waals surface area contributed by atoms with Gasteiger partial charge in [0.15, 0.2) is 0 Å². The molecule has 4 nitrogen and oxygen atoms in total. The summed E-state index contributed by atoms with van der Waals surface area (Å²) >= 11 is 0. The van der Waals surface area contributed by atoms with E-state index in [-0.39, 0.29) is 6.04 Å². The van der Waals surface area contributed by atoms with Crippen molar-refractivity contribution in [1.29, 1.82) is 0 Å². The second-order valence-corrected chi connectivity index (χ2v) is 7.41. The maximum absolute atomic E-state index is 6.40. The van der Waals surface area contributed by atoms with Crippen LogP contribution in [0.4, 0.5) is 0 Å². The van der Waals surface area contributed by atoms with E-state index in [0.717, 1.165) is 32.2 Å². The number of hydrogen-bond acceptors (Lipinski definition) is 3. The molecular formula is C22H28N4. The number of hydrogen-bond donors (Lipinski definition) is 3. The molecule has 4 rings (SSSR count). The van der Waals surface area contributed by atoms with Crippen molar-refractivity contribution in [2.75, 3.05) is 6.54 Å². The first-order chi connectivity index (χ1) is 12.8. The lowest BCUT2D eigenvalue weighted by atomic mass is 9.92. The molecule has 0 saturated carbocycles. The lowest BCUT2D eigenvalue weighted by molar-refractivity contribution is 0.434. The second kappa shape index (κ2) is 8.02. The van der Waals surface area contributed by atoms with Gasteiger partial charge in [-0.3, -0.25) is 4.98 Å². The lowest BCUT2D eigenvalue weighted by Gasteiger charge is -2.25. The number of fused-ring (bicyclic) bond motifs is 2. The molecular weight excluding hydrogens is 320 g/mol. The van der Waals surface area contributed by atoms with Crippen molar-refractivity contribution >= 4 is 10.9 Å². The molecule has 2 atom stereocenters. The van der Waals surface area contributed by atoms with Gasteiger partial charge in [0, 0.05) is 35.4 Å². The highest BCUT2D eigenvalue weighted by atomic mass is 14.9. The molecule has 1 aromatic carbocycles. The van der Waals surface area contributed by atoms with Gasteiger partial charge in [0.25, 0.3) is 0 Å². The average molecular weight is 348 g/mol. The van der Waals surface area contributed by atoms with Crippen molar-refractivity contribution in [2.24, 2.45) is 5.73 Å². The zero-order valence-corrected chi connectivity index (χ0v) is 15.2. The number of pyridine rings is 1. The van der Waals surface area contributed by atoms with Crippen molar-refractivity contribution in [1.82, 2.24) is 15.3 Å². The number of benzene rings is 1. The maximum atomic E-state index is 6.40. The number of nitrogens with one attached hydrogen (secondary N) is 2. The van der Waals surface area contributed by atoms with E-state index in [4.69, 9.17) is 5.73 Å². The van der Waals surface area contributed by atoms with Crippen LogP contribution >= 0.6 is 0 Å². The zero-order valence-electron chi connectivity index (χ0n) is 15.2. The first kappa shape index (κ1) is 17.3. The minimum absolute atomic E-state index is 0.202. The maximum Gasteiger partial charge on any atom is 0.0605 e. The van der Waals surface area contributed by atoms with Gasteiger partial charge in [-0.05, 0) is 68.3 Å². The van der Waals surface area contributed by atoms with E-state index in [0.29, 0.717) is 6.04 Å². The van der Waals surface area contributed by atoms with Gasteiger partial charge in [0.1, 0.15) is 0 Å². The quantitative estimate of drug-likeness (QED) is 0.568. The molecule has 4 N–H and O–H groups in total. The van der Waals surface area contributed by atoms with E-state index >= 15 is 0 Å². The minimum Gasteiger partial charge on any atom is -0.361 e. The van der Waals surface area contributed by atoms with Crippen molar-refractivity contribution in [2.45, 2.75) is 50.6 Å². The zero-order chi connectivity index (χ0) is 17.8. The number of nitrogens with zero attached hydrogens (tertiary/aromatic N) is 1. The summed E-state index contributed by atoms with van der Waals surface area (Å²) < 4.78 is 0. The number of H-pyrrole nitrogens is 1.